The smallest absolute Gasteiger partial charge is 0.264 e. The van der Waals surface area contributed by atoms with Crippen LogP contribution in [-0.2, 0) is 26.2 Å². The van der Waals surface area contributed by atoms with E-state index in [4.69, 9.17) is 9.47 Å². The highest BCUT2D eigenvalue weighted by Crippen LogP contribution is 2.26. The topological polar surface area (TPSA) is 105 Å². The van der Waals surface area contributed by atoms with Gasteiger partial charge >= 0.3 is 0 Å². The molecule has 0 saturated heterocycles. The first-order valence-corrected chi connectivity index (χ1v) is 14.6. The normalized spacial score (nSPS) is 12.0. The van der Waals surface area contributed by atoms with E-state index in [2.05, 4.69) is 5.32 Å². The van der Waals surface area contributed by atoms with Gasteiger partial charge < -0.3 is 19.7 Å². The van der Waals surface area contributed by atoms with Gasteiger partial charge in [-0.3, -0.25) is 13.9 Å². The first-order valence-electron chi connectivity index (χ1n) is 13.2. The van der Waals surface area contributed by atoms with Gasteiger partial charge in [0.05, 0.1) is 24.3 Å². The highest BCUT2D eigenvalue weighted by Gasteiger charge is 2.32. The molecule has 9 nitrogen and oxygen atoms in total. The average Bonchev–Trinajstić information content (AvgIpc) is 2.95. The predicted molar refractivity (Wildman–Crippen MR) is 155 cm³/mol. The van der Waals surface area contributed by atoms with E-state index in [1.165, 1.54) is 48.4 Å². The lowest BCUT2D eigenvalue weighted by Crippen LogP contribution is -2.52. The van der Waals surface area contributed by atoms with Crippen LogP contribution >= 0.6 is 0 Å². The van der Waals surface area contributed by atoms with E-state index in [0.717, 1.165) is 16.4 Å². The zero-order valence-electron chi connectivity index (χ0n) is 23.8. The molecule has 41 heavy (non-hydrogen) atoms. The molecule has 1 N–H and O–H groups in total. The second-order valence-electron chi connectivity index (χ2n) is 9.60. The minimum Gasteiger partial charge on any atom is -0.497 e. The minimum absolute atomic E-state index is 0.0169. The molecule has 0 saturated carbocycles. The number of ether oxygens (including phenoxy) is 2. The van der Waals surface area contributed by atoms with Crippen LogP contribution in [0.3, 0.4) is 0 Å². The Morgan fingerprint density at radius 2 is 1.61 bits per heavy atom. The fraction of sp³-hybridized carbons (Fsp3) is 0.333. The van der Waals surface area contributed by atoms with E-state index < -0.39 is 34.3 Å². The van der Waals surface area contributed by atoms with Gasteiger partial charge in [-0.15, -0.1) is 0 Å². The van der Waals surface area contributed by atoms with Crippen molar-refractivity contribution in [3.8, 4) is 11.5 Å². The van der Waals surface area contributed by atoms with Crippen molar-refractivity contribution in [2.75, 3.05) is 24.6 Å². The molecule has 0 aliphatic heterocycles. The lowest BCUT2D eigenvalue weighted by atomic mass is 10.1. The van der Waals surface area contributed by atoms with E-state index in [-0.39, 0.29) is 29.1 Å². The number of benzene rings is 3. The van der Waals surface area contributed by atoms with E-state index in [0.29, 0.717) is 23.7 Å². The maximum atomic E-state index is 13.9. The van der Waals surface area contributed by atoms with Gasteiger partial charge in [-0.2, -0.15) is 0 Å². The Morgan fingerprint density at radius 1 is 0.951 bits per heavy atom. The Bertz CT molecular complexity index is 1430. The Morgan fingerprint density at radius 3 is 2.20 bits per heavy atom. The number of sulfonamides is 1. The Balaban J connectivity index is 2.02. The van der Waals surface area contributed by atoms with Gasteiger partial charge in [-0.05, 0) is 93.9 Å². The summed E-state index contributed by atoms with van der Waals surface area (Å²) in [7, 11) is -2.77. The van der Waals surface area contributed by atoms with Crippen LogP contribution in [0.2, 0.25) is 0 Å². The molecule has 3 aromatic carbocycles. The van der Waals surface area contributed by atoms with Crippen molar-refractivity contribution in [1.82, 2.24) is 10.2 Å². The van der Waals surface area contributed by atoms with Gasteiger partial charge in [-0.25, -0.2) is 12.8 Å². The fourth-order valence-corrected chi connectivity index (χ4v) is 5.51. The lowest BCUT2D eigenvalue weighted by molar-refractivity contribution is -0.139. The summed E-state index contributed by atoms with van der Waals surface area (Å²) < 4.78 is 53.1. The molecule has 0 bridgehead atoms. The zero-order chi connectivity index (χ0) is 30.2. The summed E-state index contributed by atoms with van der Waals surface area (Å²) in [6.07, 6.45) is 0. The standard InChI is InChI=1S/C30H36FN3O6S/c1-6-40-26-14-16-28(17-15-26)41(37,38)34(25-12-10-24(31)11-13-25)20-29(35)33(22(4)30(36)32-21(2)3)19-23-8-7-9-27(18-23)39-5/h7-18,21-22H,6,19-20H2,1-5H3,(H,32,36)/t22-/m1/s1. The van der Waals surface area contributed by atoms with Gasteiger partial charge in [-0.1, -0.05) is 12.1 Å². The van der Waals surface area contributed by atoms with E-state index >= 15 is 0 Å². The Hall–Kier alpha value is -4.12. The Labute approximate surface area is 240 Å². The molecule has 0 aliphatic rings. The molecule has 0 aliphatic carbocycles. The van der Waals surface area contributed by atoms with Crippen LogP contribution < -0.4 is 19.1 Å². The van der Waals surface area contributed by atoms with E-state index in [1.807, 2.05) is 6.92 Å². The SMILES string of the molecule is CCOc1ccc(S(=O)(=O)N(CC(=O)N(Cc2cccc(OC)c2)[C@H](C)C(=O)NC(C)C)c2ccc(F)cc2)cc1. The molecular formula is C30H36FN3O6S. The average molecular weight is 586 g/mol. The van der Waals surface area contributed by atoms with Gasteiger partial charge in [0.2, 0.25) is 11.8 Å². The molecule has 0 aromatic heterocycles. The highest BCUT2D eigenvalue weighted by atomic mass is 32.2. The summed E-state index contributed by atoms with van der Waals surface area (Å²) >= 11 is 0. The monoisotopic (exact) mass is 585 g/mol. The molecule has 2 amide bonds. The number of rotatable bonds is 13. The molecule has 3 aromatic rings. The molecular weight excluding hydrogens is 549 g/mol. The number of carbonyl (C=O) groups is 2. The second kappa shape index (κ2) is 14.0. The first kappa shape index (κ1) is 31.4. The van der Waals surface area contributed by atoms with Crippen LogP contribution in [0.5, 0.6) is 11.5 Å². The number of hydrogen-bond donors (Lipinski definition) is 1. The lowest BCUT2D eigenvalue weighted by Gasteiger charge is -2.32. The van der Waals surface area contributed by atoms with E-state index in [1.54, 1.807) is 45.0 Å². The van der Waals surface area contributed by atoms with Crippen molar-refractivity contribution in [2.45, 2.75) is 51.2 Å². The number of halogens is 1. The molecule has 0 heterocycles. The van der Waals surface area contributed by atoms with Crippen LogP contribution in [0.4, 0.5) is 10.1 Å². The van der Waals surface area contributed by atoms with Gasteiger partial charge in [0.25, 0.3) is 10.0 Å². The predicted octanol–water partition coefficient (Wildman–Crippen LogP) is 4.37. The number of nitrogens with one attached hydrogen (secondary N) is 1. The number of anilines is 1. The second-order valence-corrected chi connectivity index (χ2v) is 11.5. The summed E-state index contributed by atoms with van der Waals surface area (Å²) in [5.74, 6) is -0.514. The van der Waals surface area contributed by atoms with Crippen LogP contribution in [0.15, 0.2) is 77.7 Å². The van der Waals surface area contributed by atoms with Gasteiger partial charge in [0.15, 0.2) is 0 Å². The quantitative estimate of drug-likeness (QED) is 0.320. The fourth-order valence-electron chi connectivity index (χ4n) is 4.09. The number of hydrogen-bond acceptors (Lipinski definition) is 6. The number of nitrogens with zero attached hydrogens (tertiary/aromatic N) is 2. The van der Waals surface area contributed by atoms with Crippen molar-refractivity contribution >= 4 is 27.5 Å². The first-order chi connectivity index (χ1) is 19.5. The van der Waals surface area contributed by atoms with Crippen molar-refractivity contribution in [3.05, 3.63) is 84.2 Å². The van der Waals surface area contributed by atoms with E-state index in [9.17, 15) is 22.4 Å². The summed E-state index contributed by atoms with van der Waals surface area (Å²) in [6.45, 7) is 6.80. The maximum Gasteiger partial charge on any atom is 0.264 e. The molecule has 0 unspecified atom stereocenters. The number of methoxy groups -OCH3 is 1. The van der Waals surface area contributed by atoms with Crippen molar-refractivity contribution in [2.24, 2.45) is 0 Å². The molecule has 3 rings (SSSR count). The maximum absolute atomic E-state index is 13.9. The highest BCUT2D eigenvalue weighted by molar-refractivity contribution is 7.92. The van der Waals surface area contributed by atoms with Gasteiger partial charge in [0.1, 0.15) is 29.9 Å². The largest absolute Gasteiger partial charge is 0.497 e. The van der Waals surface area contributed by atoms with Crippen LogP contribution in [-0.4, -0.2) is 57.5 Å². The number of amides is 2. The summed E-state index contributed by atoms with van der Waals surface area (Å²) in [5, 5.41) is 2.81. The number of carbonyl (C=O) groups excluding carboxylic acids is 2. The molecule has 1 atom stereocenters. The van der Waals surface area contributed by atoms with Crippen molar-refractivity contribution in [3.63, 3.8) is 0 Å². The molecule has 0 radical (unpaired) electrons. The zero-order valence-corrected chi connectivity index (χ0v) is 24.7. The third kappa shape index (κ3) is 8.20. The Kier molecular flexibility index (Phi) is 10.7. The molecule has 0 spiro atoms. The third-order valence-electron chi connectivity index (χ3n) is 6.20. The summed E-state index contributed by atoms with van der Waals surface area (Å²) in [4.78, 5) is 28.1. The summed E-state index contributed by atoms with van der Waals surface area (Å²) in [6, 6.07) is 16.6. The van der Waals surface area contributed by atoms with Crippen LogP contribution in [0, 0.1) is 5.82 Å². The van der Waals surface area contributed by atoms with Crippen molar-refractivity contribution < 1.29 is 31.9 Å². The molecule has 11 heteroatoms. The molecule has 220 valence electrons. The third-order valence-corrected chi connectivity index (χ3v) is 7.99. The van der Waals surface area contributed by atoms with Crippen LogP contribution in [0.1, 0.15) is 33.3 Å². The molecule has 0 fully saturated rings. The summed E-state index contributed by atoms with van der Waals surface area (Å²) in [5.41, 5.74) is 0.777. The van der Waals surface area contributed by atoms with Crippen molar-refractivity contribution in [1.29, 1.82) is 0 Å². The minimum atomic E-state index is -4.29. The van der Waals surface area contributed by atoms with Crippen LogP contribution in [0.25, 0.3) is 0 Å². The van der Waals surface area contributed by atoms with Gasteiger partial charge in [0, 0.05) is 12.6 Å².